The van der Waals surface area contributed by atoms with Gasteiger partial charge >= 0.3 is 0 Å². The largest absolute Gasteiger partial charge is 0.339 e. The Balaban J connectivity index is 2.34. The van der Waals surface area contributed by atoms with Crippen LogP contribution in [0.4, 0.5) is 0 Å². The molecule has 0 saturated heterocycles. The van der Waals surface area contributed by atoms with Crippen molar-refractivity contribution >= 4 is 11.2 Å². The summed E-state index contributed by atoms with van der Waals surface area (Å²) < 4.78 is 1.84. The molecule has 2 aromatic rings. The summed E-state index contributed by atoms with van der Waals surface area (Å²) in [5, 5.41) is 7.82. The predicted octanol–water partition coefficient (Wildman–Crippen LogP) is 1.44. The van der Waals surface area contributed by atoms with Gasteiger partial charge in [-0.2, -0.15) is 0 Å². The van der Waals surface area contributed by atoms with Crippen molar-refractivity contribution in [3.05, 3.63) is 17.1 Å². The van der Waals surface area contributed by atoms with Crippen LogP contribution in [0.25, 0.3) is 11.2 Å². The van der Waals surface area contributed by atoms with E-state index < -0.39 is 0 Å². The smallest absolute Gasteiger partial charge is 0.223 e. The number of hydrogen-bond donors (Lipinski definition) is 2. The Morgan fingerprint density at radius 2 is 2.19 bits per heavy atom. The van der Waals surface area contributed by atoms with Gasteiger partial charge in [-0.05, 0) is 26.7 Å². The van der Waals surface area contributed by atoms with Crippen molar-refractivity contribution in [1.82, 2.24) is 19.5 Å². The van der Waals surface area contributed by atoms with Crippen LogP contribution in [0.3, 0.4) is 0 Å². The second-order valence-electron chi connectivity index (χ2n) is 4.36. The van der Waals surface area contributed by atoms with Crippen LogP contribution in [0.2, 0.25) is 0 Å². The van der Waals surface area contributed by atoms with Crippen molar-refractivity contribution in [2.75, 3.05) is 0 Å². The van der Waals surface area contributed by atoms with E-state index in [0.717, 1.165) is 29.2 Å². The normalized spacial score (nSPS) is 15.9. The highest BCUT2D eigenvalue weighted by Crippen LogP contribution is 2.38. The molecule has 1 fully saturated rings. The molecule has 0 unspecified atom stereocenters. The van der Waals surface area contributed by atoms with E-state index in [1.54, 1.807) is 0 Å². The third kappa shape index (κ3) is 1.27. The number of aryl methyl sites for hydroxylation is 2. The Morgan fingerprint density at radius 3 is 2.81 bits per heavy atom. The number of aromatic nitrogens is 4. The number of imidazole rings is 1. The van der Waals surface area contributed by atoms with Crippen molar-refractivity contribution in [2.24, 2.45) is 0 Å². The van der Waals surface area contributed by atoms with Crippen LogP contribution in [0.15, 0.2) is 0 Å². The number of fused-ring (bicyclic) bond motifs is 1. The number of H-pyrrole nitrogens is 1. The topological polar surface area (TPSA) is 70.3 Å². The van der Waals surface area contributed by atoms with E-state index >= 15 is 0 Å². The maximum Gasteiger partial charge on any atom is 0.223 e. The highest BCUT2D eigenvalue weighted by atomic mass is 15.1. The average Bonchev–Trinajstić information content (AvgIpc) is 2.99. The van der Waals surface area contributed by atoms with Crippen molar-refractivity contribution < 1.29 is 0 Å². The molecule has 1 aliphatic carbocycles. The molecule has 16 heavy (non-hydrogen) atoms. The van der Waals surface area contributed by atoms with Gasteiger partial charge < -0.3 is 4.98 Å². The molecule has 0 atom stereocenters. The van der Waals surface area contributed by atoms with E-state index in [0.29, 0.717) is 11.5 Å². The molecule has 2 N–H and O–H groups in total. The second-order valence-corrected chi connectivity index (χ2v) is 4.36. The lowest BCUT2D eigenvalue weighted by Gasteiger charge is -2.04. The van der Waals surface area contributed by atoms with Gasteiger partial charge in [0.05, 0.1) is 5.69 Å². The summed E-state index contributed by atoms with van der Waals surface area (Å²) in [5.74, 6) is 1.67. The fourth-order valence-electron chi connectivity index (χ4n) is 2.05. The van der Waals surface area contributed by atoms with Gasteiger partial charge in [0, 0.05) is 12.5 Å². The summed E-state index contributed by atoms with van der Waals surface area (Å²) in [6, 6.07) is 0. The average molecular weight is 217 g/mol. The molecule has 1 aliphatic rings. The molecule has 0 radical (unpaired) electrons. The minimum atomic E-state index is 0.293. The van der Waals surface area contributed by atoms with Crippen LogP contribution >= 0.6 is 0 Å². The number of rotatable bonds is 2. The summed E-state index contributed by atoms with van der Waals surface area (Å²) in [6.07, 6.45) is 2.46. The van der Waals surface area contributed by atoms with Crippen LogP contribution in [-0.4, -0.2) is 19.5 Å². The predicted molar refractivity (Wildman–Crippen MR) is 60.1 cm³/mol. The summed E-state index contributed by atoms with van der Waals surface area (Å²) in [6.45, 7) is 4.67. The standard InChI is InChI=1S/C11H15N5/c1-3-16-10-8(6(2)13-11(16)12)14-9(15-10)7-4-5-7/h7,12H,3-5H2,1-2H3,(H,14,15). The number of nitrogens with one attached hydrogen (secondary N) is 2. The van der Waals surface area contributed by atoms with Crippen molar-refractivity contribution in [3.8, 4) is 0 Å². The molecule has 0 spiro atoms. The molecule has 5 heteroatoms. The first-order valence-electron chi connectivity index (χ1n) is 5.72. The van der Waals surface area contributed by atoms with E-state index in [1.807, 2.05) is 18.4 Å². The first-order valence-corrected chi connectivity index (χ1v) is 5.72. The molecular weight excluding hydrogens is 202 g/mol. The molecular formula is C11H15N5. The maximum atomic E-state index is 7.82. The Labute approximate surface area is 93.1 Å². The Morgan fingerprint density at radius 1 is 1.44 bits per heavy atom. The van der Waals surface area contributed by atoms with Crippen LogP contribution in [0.5, 0.6) is 0 Å². The molecule has 5 nitrogen and oxygen atoms in total. The van der Waals surface area contributed by atoms with Gasteiger partial charge in [-0.3, -0.25) is 9.98 Å². The van der Waals surface area contributed by atoms with Gasteiger partial charge in [-0.1, -0.05) is 0 Å². The van der Waals surface area contributed by atoms with Gasteiger partial charge in [0.15, 0.2) is 5.65 Å². The molecule has 1 saturated carbocycles. The van der Waals surface area contributed by atoms with Gasteiger partial charge in [0.2, 0.25) is 5.62 Å². The van der Waals surface area contributed by atoms with Crippen LogP contribution in [0, 0.1) is 12.3 Å². The lowest BCUT2D eigenvalue weighted by Crippen LogP contribution is -2.23. The molecule has 0 amide bonds. The van der Waals surface area contributed by atoms with Gasteiger partial charge in [0.1, 0.15) is 11.3 Å². The van der Waals surface area contributed by atoms with Crippen molar-refractivity contribution in [1.29, 1.82) is 5.41 Å². The van der Waals surface area contributed by atoms with Gasteiger partial charge in [-0.15, -0.1) is 0 Å². The maximum absolute atomic E-state index is 7.82. The molecule has 2 heterocycles. The second kappa shape index (κ2) is 3.17. The van der Waals surface area contributed by atoms with E-state index in [-0.39, 0.29) is 0 Å². The van der Waals surface area contributed by atoms with Crippen LogP contribution < -0.4 is 5.62 Å². The lowest BCUT2D eigenvalue weighted by molar-refractivity contribution is 0.688. The van der Waals surface area contributed by atoms with Gasteiger partial charge in [0.25, 0.3) is 0 Å². The van der Waals surface area contributed by atoms with E-state index in [4.69, 9.17) is 5.41 Å². The third-order valence-electron chi connectivity index (χ3n) is 3.13. The summed E-state index contributed by atoms with van der Waals surface area (Å²) in [7, 11) is 0. The van der Waals surface area contributed by atoms with E-state index in [1.165, 1.54) is 12.8 Å². The highest BCUT2D eigenvalue weighted by molar-refractivity contribution is 5.73. The molecule has 2 aromatic heterocycles. The van der Waals surface area contributed by atoms with Crippen LogP contribution in [0.1, 0.15) is 37.2 Å². The molecule has 3 rings (SSSR count). The monoisotopic (exact) mass is 217 g/mol. The Bertz CT molecular complexity index is 603. The van der Waals surface area contributed by atoms with Gasteiger partial charge in [-0.25, -0.2) is 9.97 Å². The molecule has 84 valence electrons. The summed E-state index contributed by atoms with van der Waals surface area (Å²) >= 11 is 0. The zero-order valence-electron chi connectivity index (χ0n) is 9.54. The quantitative estimate of drug-likeness (QED) is 0.799. The minimum Gasteiger partial charge on any atom is -0.339 e. The Kier molecular flexibility index (Phi) is 1.89. The number of aromatic amines is 1. The minimum absolute atomic E-state index is 0.293. The number of hydrogen-bond acceptors (Lipinski definition) is 3. The van der Waals surface area contributed by atoms with E-state index in [2.05, 4.69) is 15.0 Å². The lowest BCUT2D eigenvalue weighted by atomic mass is 10.4. The zero-order chi connectivity index (χ0) is 11.3. The van der Waals surface area contributed by atoms with E-state index in [9.17, 15) is 0 Å². The van der Waals surface area contributed by atoms with Crippen molar-refractivity contribution in [2.45, 2.75) is 39.2 Å². The summed E-state index contributed by atoms with van der Waals surface area (Å²) in [4.78, 5) is 12.2. The molecule has 0 bridgehead atoms. The SMILES string of the molecule is CCn1c(=N)nc(C)c2[nH]c(C3CC3)nc21. The molecule has 0 aromatic carbocycles. The fraction of sp³-hybridized carbons (Fsp3) is 0.545. The first kappa shape index (κ1) is 9.57. The summed E-state index contributed by atoms with van der Waals surface area (Å²) in [5.41, 5.74) is 3.02. The molecule has 0 aliphatic heterocycles. The van der Waals surface area contributed by atoms with Crippen molar-refractivity contribution in [3.63, 3.8) is 0 Å². The fourth-order valence-corrected chi connectivity index (χ4v) is 2.05. The van der Waals surface area contributed by atoms with Crippen LogP contribution in [-0.2, 0) is 6.54 Å². The third-order valence-corrected chi connectivity index (χ3v) is 3.13. The zero-order valence-corrected chi connectivity index (χ0v) is 9.54. The Hall–Kier alpha value is -1.65. The number of nitrogens with zero attached hydrogens (tertiary/aromatic N) is 3. The highest BCUT2D eigenvalue weighted by Gasteiger charge is 2.27. The first-order chi connectivity index (χ1) is 7.70.